The molecular weight excluding hydrogens is 864 g/mol. The summed E-state index contributed by atoms with van der Waals surface area (Å²) in [4.78, 5) is 20.7. The maximum absolute atomic E-state index is 14.6. The molecular formula is C18H13F25NO6PS-2. The van der Waals surface area contributed by atoms with Crippen molar-refractivity contribution in [3.63, 3.8) is 0 Å². The topological polar surface area (TPSA) is 110 Å². The van der Waals surface area contributed by atoms with Gasteiger partial charge in [-0.25, -0.2) is 8.42 Å². The van der Waals surface area contributed by atoms with Gasteiger partial charge in [-0.05, 0) is 6.42 Å². The molecule has 0 aliphatic carbocycles. The molecule has 0 heterocycles. The Balaban J connectivity index is 7.72. The van der Waals surface area contributed by atoms with E-state index < -0.39 is 119 Å². The van der Waals surface area contributed by atoms with Crippen molar-refractivity contribution in [1.82, 2.24) is 4.31 Å². The largest absolute Gasteiger partial charge is 0.790 e. The second-order valence-corrected chi connectivity index (χ2v) is 12.8. The molecule has 0 N–H and O–H groups in total. The number of sulfonamides is 1. The van der Waals surface area contributed by atoms with Crippen LogP contribution in [0, 0.1) is 0 Å². The summed E-state index contributed by atoms with van der Waals surface area (Å²) in [6.45, 7) is -1.74. The Morgan fingerprint density at radius 1 is 0.519 bits per heavy atom. The number of hydrogen-bond acceptors (Lipinski definition) is 6. The first-order valence-corrected chi connectivity index (χ1v) is 15.0. The number of unbranched alkanes of at least 4 members (excludes halogenated alkanes) is 3. The molecule has 0 unspecified atom stereocenters. The van der Waals surface area contributed by atoms with Crippen LogP contribution in [0.2, 0.25) is 0 Å². The standard InChI is InChI=1S/C18H15F25NO6PS/c1-2-3-4-5-6-44(16(38,39)17(40,41)50-51(45,46)47)52(48,49)18(42,43)14(33,34)12(29,30)10(25,26)8(21,22)7(19,20)9(23,24)11(27,28)13(31,32)15(35,36)37/h2-6H2,1H3,(H2,45,46,47)/p-2. The van der Waals surface area contributed by atoms with Crippen molar-refractivity contribution in [3.05, 3.63) is 0 Å². The molecule has 0 aliphatic rings. The van der Waals surface area contributed by atoms with Crippen molar-refractivity contribution in [2.24, 2.45) is 0 Å². The predicted octanol–water partition coefficient (Wildman–Crippen LogP) is 7.47. The third-order valence-electron chi connectivity index (χ3n) is 6.20. The molecule has 0 radical (unpaired) electrons. The average Bonchev–Trinajstić information content (AvgIpc) is 2.89. The monoisotopic (exact) mass is 877 g/mol. The summed E-state index contributed by atoms with van der Waals surface area (Å²) in [7, 11) is -16.8. The summed E-state index contributed by atoms with van der Waals surface area (Å²) in [5, 5.41) is -8.91. The van der Waals surface area contributed by atoms with Crippen molar-refractivity contribution in [2.75, 3.05) is 6.54 Å². The van der Waals surface area contributed by atoms with E-state index in [4.69, 9.17) is 0 Å². The zero-order chi connectivity index (χ0) is 42.8. The Labute approximate surface area is 270 Å². The highest BCUT2D eigenvalue weighted by Crippen LogP contribution is 2.67. The smallest absolute Gasteiger partial charge is 0.460 e. The first kappa shape index (κ1) is 50.3. The lowest BCUT2D eigenvalue weighted by atomic mass is 9.87. The lowest BCUT2D eigenvalue weighted by Crippen LogP contribution is -2.77. The second-order valence-electron chi connectivity index (χ2n) is 9.84. The van der Waals surface area contributed by atoms with Crippen LogP contribution >= 0.6 is 7.82 Å². The van der Waals surface area contributed by atoms with Gasteiger partial charge in [0, 0.05) is 6.54 Å². The van der Waals surface area contributed by atoms with Crippen LogP contribution < -0.4 is 9.79 Å². The summed E-state index contributed by atoms with van der Waals surface area (Å²) in [5.74, 6) is -75.7. The molecule has 0 aromatic carbocycles. The maximum atomic E-state index is 14.6. The average molecular weight is 877 g/mol. The molecule has 0 saturated heterocycles. The number of alkyl halides is 25. The Kier molecular flexibility index (Phi) is 13.3. The zero-order valence-corrected chi connectivity index (χ0v) is 25.4. The van der Waals surface area contributed by atoms with Gasteiger partial charge in [-0.15, -0.1) is 4.31 Å². The predicted molar refractivity (Wildman–Crippen MR) is 109 cm³/mol. The minimum absolute atomic E-state index is 0.134. The van der Waals surface area contributed by atoms with Crippen molar-refractivity contribution in [1.29, 1.82) is 0 Å². The first-order valence-electron chi connectivity index (χ1n) is 12.1. The summed E-state index contributed by atoms with van der Waals surface area (Å²) >= 11 is 0. The molecule has 0 amide bonds. The van der Waals surface area contributed by atoms with Gasteiger partial charge in [0.25, 0.3) is 10.0 Å². The Morgan fingerprint density at radius 2 is 0.827 bits per heavy atom. The fourth-order valence-electron chi connectivity index (χ4n) is 3.28. The number of halogens is 25. The Bertz CT molecular complexity index is 1420. The third-order valence-corrected chi connectivity index (χ3v) is 8.55. The lowest BCUT2D eigenvalue weighted by Gasteiger charge is -2.45. The fraction of sp³-hybridized carbons (Fsp3) is 1.00. The third kappa shape index (κ3) is 7.33. The molecule has 0 fully saturated rings. The minimum Gasteiger partial charge on any atom is -0.790 e. The molecule has 7 nitrogen and oxygen atoms in total. The van der Waals surface area contributed by atoms with Gasteiger partial charge < -0.3 is 14.4 Å². The molecule has 0 bridgehead atoms. The van der Waals surface area contributed by atoms with Crippen molar-refractivity contribution in [2.45, 2.75) is 104 Å². The molecule has 34 heteroatoms. The molecule has 314 valence electrons. The fourth-order valence-corrected chi connectivity index (χ4v) is 5.18. The van der Waals surface area contributed by atoms with Crippen LogP contribution in [0.3, 0.4) is 0 Å². The molecule has 0 aromatic heterocycles. The van der Waals surface area contributed by atoms with Crippen LogP contribution in [-0.4, -0.2) is 90.2 Å². The van der Waals surface area contributed by atoms with Crippen LogP contribution in [0.15, 0.2) is 0 Å². The molecule has 0 atom stereocenters. The highest BCUT2D eigenvalue weighted by atomic mass is 32.2. The summed E-state index contributed by atoms with van der Waals surface area (Å²) in [5.41, 5.74) is 0. The highest BCUT2D eigenvalue weighted by Gasteiger charge is 2.98. The van der Waals surface area contributed by atoms with E-state index >= 15 is 0 Å². The van der Waals surface area contributed by atoms with Crippen LogP contribution in [0.4, 0.5) is 110 Å². The zero-order valence-electron chi connectivity index (χ0n) is 23.7. The van der Waals surface area contributed by atoms with Gasteiger partial charge in [-0.1, -0.05) is 26.2 Å². The van der Waals surface area contributed by atoms with Crippen LogP contribution in [0.25, 0.3) is 0 Å². The minimum atomic E-state index is -9.75. The molecule has 0 spiro atoms. The van der Waals surface area contributed by atoms with E-state index in [2.05, 4.69) is 0 Å². The van der Waals surface area contributed by atoms with Crippen LogP contribution in [-0.2, 0) is 19.1 Å². The molecule has 0 aromatic rings. The number of phosphoric acid groups is 1. The molecule has 52 heavy (non-hydrogen) atoms. The van der Waals surface area contributed by atoms with Gasteiger partial charge >= 0.3 is 71.0 Å². The molecule has 0 aliphatic heterocycles. The normalized spacial score (nSPS) is 16.6. The second kappa shape index (κ2) is 13.8. The van der Waals surface area contributed by atoms with Gasteiger partial charge in [0.1, 0.15) is 0 Å². The van der Waals surface area contributed by atoms with E-state index in [1.807, 2.05) is 4.52 Å². The van der Waals surface area contributed by atoms with Crippen molar-refractivity contribution >= 4 is 17.8 Å². The van der Waals surface area contributed by atoms with Gasteiger partial charge in [-0.3, -0.25) is 4.52 Å². The van der Waals surface area contributed by atoms with Gasteiger partial charge in [0.05, 0.1) is 7.82 Å². The van der Waals surface area contributed by atoms with Gasteiger partial charge in [-0.2, -0.15) is 110 Å². The number of hydrogen-bond donors (Lipinski definition) is 0. The lowest BCUT2D eigenvalue weighted by molar-refractivity contribution is -0.472. The number of rotatable bonds is 19. The van der Waals surface area contributed by atoms with Crippen LogP contribution in [0.5, 0.6) is 0 Å². The molecule has 0 rings (SSSR count). The SMILES string of the molecule is CCCCCCN(C(F)(F)C(F)(F)OP(=O)([O-])[O-])S(=O)(=O)C(F)(F)C(F)(F)C(F)(F)C(F)(F)C(F)(F)C(F)(F)C(F)(F)C(F)(F)C(F)(F)C(F)(F)F. The van der Waals surface area contributed by atoms with Gasteiger partial charge in [0.2, 0.25) is 0 Å². The van der Waals surface area contributed by atoms with Gasteiger partial charge in [0.15, 0.2) is 0 Å². The maximum Gasteiger partial charge on any atom is 0.460 e. The van der Waals surface area contributed by atoms with E-state index in [0.29, 0.717) is 0 Å². The summed E-state index contributed by atoms with van der Waals surface area (Å²) in [6, 6.07) is -7.58. The first-order chi connectivity index (χ1) is 22.1. The highest BCUT2D eigenvalue weighted by molar-refractivity contribution is 7.90. The Hall–Kier alpha value is -1.73. The van der Waals surface area contributed by atoms with E-state index in [9.17, 15) is 133 Å². The molecule has 0 saturated carbocycles. The van der Waals surface area contributed by atoms with Crippen LogP contribution in [0.1, 0.15) is 32.6 Å². The summed E-state index contributed by atoms with van der Waals surface area (Å²) in [6.07, 6.45) is -18.7. The summed E-state index contributed by atoms with van der Waals surface area (Å²) < 4.78 is 375. The number of nitrogens with zero attached hydrogens (tertiary/aromatic N) is 1. The van der Waals surface area contributed by atoms with E-state index in [-0.39, 0.29) is 6.42 Å². The number of phosphoric ester groups is 1. The van der Waals surface area contributed by atoms with E-state index in [0.717, 1.165) is 0 Å². The quantitative estimate of drug-likeness (QED) is 0.0577. The van der Waals surface area contributed by atoms with Crippen molar-refractivity contribution < 1.29 is 137 Å². The van der Waals surface area contributed by atoms with E-state index in [1.165, 1.54) is 6.92 Å². The van der Waals surface area contributed by atoms with E-state index in [1.54, 1.807) is 0 Å². The van der Waals surface area contributed by atoms with Crippen molar-refractivity contribution in [3.8, 4) is 0 Å². The Morgan fingerprint density at radius 3 is 1.12 bits per heavy atom.